The summed E-state index contributed by atoms with van der Waals surface area (Å²) in [5.74, 6) is -0.215. The highest BCUT2D eigenvalue weighted by molar-refractivity contribution is 5.93. The molecule has 84 valence electrons. The van der Waals surface area contributed by atoms with Gasteiger partial charge < -0.3 is 5.32 Å². The van der Waals surface area contributed by atoms with Crippen LogP contribution in [-0.4, -0.2) is 11.5 Å². The van der Waals surface area contributed by atoms with E-state index in [1.165, 1.54) is 6.07 Å². The third kappa shape index (κ3) is 1.85. The molecule has 0 atom stereocenters. The Morgan fingerprint density at radius 1 is 1.31 bits per heavy atom. The summed E-state index contributed by atoms with van der Waals surface area (Å²) in [6, 6.07) is 5.07. The van der Waals surface area contributed by atoms with E-state index in [1.54, 1.807) is 12.3 Å². The van der Waals surface area contributed by atoms with Crippen molar-refractivity contribution in [3.63, 3.8) is 0 Å². The molecule has 0 aliphatic carbocycles. The van der Waals surface area contributed by atoms with Crippen molar-refractivity contribution in [1.82, 2.24) is 4.98 Å². The Labute approximate surface area is 94.5 Å². The summed E-state index contributed by atoms with van der Waals surface area (Å²) < 4.78 is 13.8. The summed E-state index contributed by atoms with van der Waals surface area (Å²) in [7, 11) is 0. The van der Waals surface area contributed by atoms with Gasteiger partial charge >= 0.3 is 0 Å². The minimum Gasteiger partial charge on any atom is -0.384 e. The van der Waals surface area contributed by atoms with Crippen LogP contribution in [0.25, 0.3) is 10.9 Å². The predicted molar refractivity (Wildman–Crippen MR) is 65.2 cm³/mol. The Bertz CT molecular complexity index is 509. The summed E-state index contributed by atoms with van der Waals surface area (Å²) in [4.78, 5) is 4.23. The number of aromatic nitrogens is 1. The van der Waals surface area contributed by atoms with Gasteiger partial charge in [0, 0.05) is 18.4 Å². The number of hydrogen-bond donors (Lipinski definition) is 1. The van der Waals surface area contributed by atoms with Crippen LogP contribution in [0.1, 0.15) is 18.9 Å². The van der Waals surface area contributed by atoms with Crippen LogP contribution in [0.15, 0.2) is 24.4 Å². The quantitative estimate of drug-likeness (QED) is 0.852. The molecule has 3 heteroatoms. The van der Waals surface area contributed by atoms with E-state index in [-0.39, 0.29) is 5.82 Å². The van der Waals surface area contributed by atoms with Crippen molar-refractivity contribution in [2.24, 2.45) is 0 Å². The number of nitrogens with one attached hydrogen (secondary N) is 1. The highest BCUT2D eigenvalue weighted by Gasteiger charge is 2.08. The zero-order valence-electron chi connectivity index (χ0n) is 9.55. The second-order valence-electron chi connectivity index (χ2n) is 3.87. The summed E-state index contributed by atoms with van der Waals surface area (Å²) in [6.07, 6.45) is 2.73. The molecule has 0 unspecified atom stereocenters. The number of halogens is 1. The number of anilines is 1. The SMILES string of the molecule is CCCNc1ccnc2c(C)ccc(F)c12. The lowest BCUT2D eigenvalue weighted by Gasteiger charge is -2.10. The molecule has 16 heavy (non-hydrogen) atoms. The van der Waals surface area contributed by atoms with Gasteiger partial charge in [-0.1, -0.05) is 13.0 Å². The fraction of sp³-hybridized carbons (Fsp3) is 0.308. The molecular weight excluding hydrogens is 203 g/mol. The molecule has 1 N–H and O–H groups in total. The molecule has 0 fully saturated rings. The minimum atomic E-state index is -0.215. The van der Waals surface area contributed by atoms with Gasteiger partial charge in [0.2, 0.25) is 0 Å². The van der Waals surface area contributed by atoms with Crippen LogP contribution in [0.4, 0.5) is 10.1 Å². The van der Waals surface area contributed by atoms with Crippen LogP contribution in [0.3, 0.4) is 0 Å². The van der Waals surface area contributed by atoms with E-state index in [4.69, 9.17) is 0 Å². The van der Waals surface area contributed by atoms with Crippen molar-refractivity contribution in [3.05, 3.63) is 35.8 Å². The summed E-state index contributed by atoms with van der Waals surface area (Å²) in [6.45, 7) is 4.86. The standard InChI is InChI=1S/C13H15FN2/c1-3-7-15-11-6-8-16-13-9(2)4-5-10(14)12(11)13/h4-6,8H,3,7H2,1-2H3,(H,15,16). The van der Waals surface area contributed by atoms with Crippen LogP contribution < -0.4 is 5.32 Å². The van der Waals surface area contributed by atoms with Crippen LogP contribution in [0, 0.1) is 12.7 Å². The maximum atomic E-state index is 13.8. The van der Waals surface area contributed by atoms with Crippen molar-refractivity contribution in [3.8, 4) is 0 Å². The van der Waals surface area contributed by atoms with Gasteiger partial charge in [0.25, 0.3) is 0 Å². The Hall–Kier alpha value is -1.64. The van der Waals surface area contributed by atoms with E-state index < -0.39 is 0 Å². The van der Waals surface area contributed by atoms with E-state index >= 15 is 0 Å². The fourth-order valence-electron chi connectivity index (χ4n) is 1.77. The highest BCUT2D eigenvalue weighted by Crippen LogP contribution is 2.26. The van der Waals surface area contributed by atoms with Gasteiger partial charge in [0.05, 0.1) is 10.9 Å². The lowest BCUT2D eigenvalue weighted by Crippen LogP contribution is -2.02. The molecule has 2 rings (SSSR count). The molecule has 0 aliphatic heterocycles. The third-order valence-electron chi connectivity index (χ3n) is 2.61. The average molecular weight is 218 g/mol. The predicted octanol–water partition coefficient (Wildman–Crippen LogP) is 3.50. The first-order valence-electron chi connectivity index (χ1n) is 5.51. The van der Waals surface area contributed by atoms with E-state index in [9.17, 15) is 4.39 Å². The van der Waals surface area contributed by atoms with E-state index in [2.05, 4.69) is 17.2 Å². The van der Waals surface area contributed by atoms with Gasteiger partial charge in [0.15, 0.2) is 0 Å². The lowest BCUT2D eigenvalue weighted by molar-refractivity contribution is 0.639. The van der Waals surface area contributed by atoms with E-state index in [1.807, 2.05) is 13.0 Å². The molecule has 0 amide bonds. The topological polar surface area (TPSA) is 24.9 Å². The van der Waals surface area contributed by atoms with Crippen molar-refractivity contribution >= 4 is 16.6 Å². The molecular formula is C13H15FN2. The minimum absolute atomic E-state index is 0.215. The number of pyridine rings is 1. The van der Waals surface area contributed by atoms with Crippen molar-refractivity contribution in [2.75, 3.05) is 11.9 Å². The number of fused-ring (bicyclic) bond motifs is 1. The Morgan fingerprint density at radius 3 is 2.88 bits per heavy atom. The summed E-state index contributed by atoms with van der Waals surface area (Å²) in [5, 5.41) is 3.82. The Morgan fingerprint density at radius 2 is 2.12 bits per heavy atom. The number of hydrogen-bond acceptors (Lipinski definition) is 2. The molecule has 1 heterocycles. The number of aryl methyl sites for hydroxylation is 1. The van der Waals surface area contributed by atoms with Gasteiger partial charge in [-0.15, -0.1) is 0 Å². The Balaban J connectivity index is 2.61. The molecule has 0 bridgehead atoms. The molecule has 1 aromatic heterocycles. The van der Waals surface area contributed by atoms with E-state index in [0.29, 0.717) is 5.39 Å². The van der Waals surface area contributed by atoms with Crippen LogP contribution in [-0.2, 0) is 0 Å². The van der Waals surface area contributed by atoms with Crippen molar-refractivity contribution < 1.29 is 4.39 Å². The summed E-state index contributed by atoms with van der Waals surface area (Å²) in [5.41, 5.74) is 2.56. The summed E-state index contributed by atoms with van der Waals surface area (Å²) >= 11 is 0. The number of benzene rings is 1. The molecule has 0 saturated heterocycles. The zero-order valence-corrected chi connectivity index (χ0v) is 9.55. The van der Waals surface area contributed by atoms with Gasteiger partial charge in [-0.2, -0.15) is 0 Å². The first-order valence-corrected chi connectivity index (χ1v) is 5.51. The monoisotopic (exact) mass is 218 g/mol. The van der Waals surface area contributed by atoms with Gasteiger partial charge in [-0.05, 0) is 31.0 Å². The van der Waals surface area contributed by atoms with Crippen molar-refractivity contribution in [1.29, 1.82) is 0 Å². The second-order valence-corrected chi connectivity index (χ2v) is 3.87. The number of nitrogens with zero attached hydrogens (tertiary/aromatic N) is 1. The maximum absolute atomic E-state index is 13.8. The average Bonchev–Trinajstić information content (AvgIpc) is 2.31. The van der Waals surface area contributed by atoms with E-state index in [0.717, 1.165) is 29.7 Å². The largest absolute Gasteiger partial charge is 0.384 e. The second kappa shape index (κ2) is 4.47. The number of rotatable bonds is 3. The lowest BCUT2D eigenvalue weighted by atomic mass is 10.1. The normalized spacial score (nSPS) is 10.7. The Kier molecular flexibility index (Phi) is 3.04. The van der Waals surface area contributed by atoms with Crippen LogP contribution in [0.5, 0.6) is 0 Å². The molecule has 2 aromatic rings. The highest BCUT2D eigenvalue weighted by atomic mass is 19.1. The fourth-order valence-corrected chi connectivity index (χ4v) is 1.77. The first-order chi connectivity index (χ1) is 7.74. The maximum Gasteiger partial charge on any atom is 0.134 e. The van der Waals surface area contributed by atoms with Gasteiger partial charge in [0.1, 0.15) is 5.82 Å². The molecule has 2 nitrogen and oxygen atoms in total. The first kappa shape index (κ1) is 10.9. The molecule has 1 aromatic carbocycles. The smallest absolute Gasteiger partial charge is 0.134 e. The van der Waals surface area contributed by atoms with Crippen LogP contribution >= 0.6 is 0 Å². The zero-order chi connectivity index (χ0) is 11.5. The molecule has 0 radical (unpaired) electrons. The van der Waals surface area contributed by atoms with Gasteiger partial charge in [-0.3, -0.25) is 4.98 Å². The van der Waals surface area contributed by atoms with Crippen LogP contribution in [0.2, 0.25) is 0 Å². The molecule has 0 spiro atoms. The third-order valence-corrected chi connectivity index (χ3v) is 2.61. The molecule has 0 aliphatic rings. The molecule has 0 saturated carbocycles. The van der Waals surface area contributed by atoms with Crippen molar-refractivity contribution in [2.45, 2.75) is 20.3 Å². The van der Waals surface area contributed by atoms with Gasteiger partial charge in [-0.25, -0.2) is 4.39 Å².